The van der Waals surface area contributed by atoms with Crippen LogP contribution in [-0.2, 0) is 0 Å². The monoisotopic (exact) mass is 237 g/mol. The Morgan fingerprint density at radius 2 is 1.50 bits per heavy atom. The van der Waals surface area contributed by atoms with E-state index in [-0.39, 0.29) is 0 Å². The molecule has 0 N–H and O–H groups in total. The molecule has 0 aromatic heterocycles. The first-order valence-electron chi connectivity index (χ1n) is 6.32. The van der Waals surface area contributed by atoms with Crippen LogP contribution < -0.4 is 4.43 Å². The molecule has 1 rings (SSSR count). The summed E-state index contributed by atoms with van der Waals surface area (Å²) in [4.78, 5) is 0. The van der Waals surface area contributed by atoms with Gasteiger partial charge in [0.05, 0.1) is 0 Å². The Balaban J connectivity index is 3.02. The van der Waals surface area contributed by atoms with Gasteiger partial charge in [0.1, 0.15) is 0 Å². The molecular formula is C14H25OSi-. The molecule has 0 fully saturated rings. The average Bonchev–Trinajstić information content (AvgIpc) is 2.64. The summed E-state index contributed by atoms with van der Waals surface area (Å²) in [7, 11) is -1.73. The van der Waals surface area contributed by atoms with Crippen LogP contribution in [0.25, 0.3) is 0 Å². The summed E-state index contributed by atoms with van der Waals surface area (Å²) in [5.74, 6) is 1.06. The van der Waals surface area contributed by atoms with Gasteiger partial charge < -0.3 is 4.43 Å². The maximum atomic E-state index is 6.47. The smallest absolute Gasteiger partial charge is 0.241 e. The van der Waals surface area contributed by atoms with Crippen LogP contribution in [0.2, 0.25) is 16.6 Å². The number of rotatable bonds is 5. The minimum atomic E-state index is -1.73. The highest BCUT2D eigenvalue weighted by Gasteiger charge is 2.45. The van der Waals surface area contributed by atoms with Crippen molar-refractivity contribution in [3.05, 3.63) is 24.3 Å². The fraction of sp³-hybridized carbons (Fsp3) is 0.643. The van der Waals surface area contributed by atoms with E-state index in [1.807, 2.05) is 0 Å². The topological polar surface area (TPSA) is 9.23 Å². The lowest BCUT2D eigenvalue weighted by atomic mass is 10.5. The van der Waals surface area contributed by atoms with E-state index >= 15 is 0 Å². The molecule has 1 aromatic carbocycles. The van der Waals surface area contributed by atoms with E-state index in [1.165, 1.54) is 0 Å². The average molecular weight is 237 g/mol. The molecule has 0 radical (unpaired) electrons. The molecule has 0 spiro atoms. The minimum absolute atomic E-state index is 0.641. The molecule has 0 bridgehead atoms. The Kier molecular flexibility index (Phi) is 4.31. The normalized spacial score (nSPS) is 12.8. The summed E-state index contributed by atoms with van der Waals surface area (Å²) in [5, 5.41) is 0. The molecule has 1 nitrogen and oxygen atoms in total. The van der Waals surface area contributed by atoms with E-state index in [0.29, 0.717) is 16.6 Å². The van der Waals surface area contributed by atoms with Crippen LogP contribution in [0.3, 0.4) is 0 Å². The second-order valence-corrected chi connectivity index (χ2v) is 10.9. The van der Waals surface area contributed by atoms with Gasteiger partial charge >= 0.3 is 0 Å². The fourth-order valence-electron chi connectivity index (χ4n) is 2.98. The van der Waals surface area contributed by atoms with Gasteiger partial charge in [-0.2, -0.15) is 18.2 Å². The Morgan fingerprint density at radius 1 is 1.00 bits per heavy atom. The molecule has 92 valence electrons. The maximum absolute atomic E-state index is 6.47. The Hall–Kier alpha value is -0.633. The number of hydrogen-bond acceptors (Lipinski definition) is 1. The Bertz CT molecular complexity index is 277. The first-order chi connectivity index (χ1) is 7.41. The predicted molar refractivity (Wildman–Crippen MR) is 73.7 cm³/mol. The van der Waals surface area contributed by atoms with Crippen molar-refractivity contribution in [1.82, 2.24) is 0 Å². The van der Waals surface area contributed by atoms with E-state index in [4.69, 9.17) is 4.43 Å². The minimum Gasteiger partial charge on any atom is -0.611 e. The van der Waals surface area contributed by atoms with Crippen LogP contribution in [0.1, 0.15) is 41.5 Å². The van der Waals surface area contributed by atoms with E-state index in [2.05, 4.69) is 65.8 Å². The van der Waals surface area contributed by atoms with Crippen molar-refractivity contribution >= 4 is 8.32 Å². The van der Waals surface area contributed by atoms with E-state index < -0.39 is 8.32 Å². The zero-order chi connectivity index (χ0) is 12.3. The summed E-state index contributed by atoms with van der Waals surface area (Å²) >= 11 is 0. The second-order valence-electron chi connectivity index (χ2n) is 5.54. The summed E-state index contributed by atoms with van der Waals surface area (Å²) in [6, 6.07) is 8.26. The third-order valence-corrected chi connectivity index (χ3v) is 9.64. The van der Waals surface area contributed by atoms with Gasteiger partial charge in [-0.05, 0) is 16.6 Å². The molecule has 0 amide bonds. The molecule has 0 saturated carbocycles. The van der Waals surface area contributed by atoms with Gasteiger partial charge in [-0.25, -0.2) is 0 Å². The van der Waals surface area contributed by atoms with Gasteiger partial charge in [0.15, 0.2) is 0 Å². The SMILES string of the molecule is CC(C)[Si](Oc1cc[cH-]c1)(C(C)C)C(C)C. The standard InChI is InChI=1S/C14H25OSi/c1-11(2)16(12(3)4,13(5)6)15-14-9-7-8-10-14/h7-13H,1-6H3/q-1. The van der Waals surface area contributed by atoms with Crippen LogP contribution in [0.15, 0.2) is 24.3 Å². The van der Waals surface area contributed by atoms with Gasteiger partial charge in [0.25, 0.3) is 0 Å². The first-order valence-corrected chi connectivity index (χ1v) is 8.46. The molecule has 0 saturated heterocycles. The molecule has 1 aromatic rings. The van der Waals surface area contributed by atoms with Gasteiger partial charge in [-0.3, -0.25) is 0 Å². The summed E-state index contributed by atoms with van der Waals surface area (Å²) < 4.78 is 6.47. The van der Waals surface area contributed by atoms with Crippen LogP contribution in [-0.4, -0.2) is 8.32 Å². The van der Waals surface area contributed by atoms with Crippen LogP contribution >= 0.6 is 0 Å². The molecule has 0 heterocycles. The first kappa shape index (κ1) is 13.4. The van der Waals surface area contributed by atoms with Crippen molar-refractivity contribution in [1.29, 1.82) is 0 Å². The van der Waals surface area contributed by atoms with Gasteiger partial charge in [-0.15, -0.1) is 6.07 Å². The van der Waals surface area contributed by atoms with Crippen molar-refractivity contribution < 1.29 is 4.43 Å². The highest BCUT2D eigenvalue weighted by Crippen LogP contribution is 2.42. The zero-order valence-electron chi connectivity index (χ0n) is 11.4. The van der Waals surface area contributed by atoms with E-state index in [0.717, 1.165) is 5.75 Å². The molecular weight excluding hydrogens is 212 g/mol. The van der Waals surface area contributed by atoms with E-state index in [1.54, 1.807) is 0 Å². The van der Waals surface area contributed by atoms with Crippen molar-refractivity contribution in [2.45, 2.75) is 58.2 Å². The highest BCUT2D eigenvalue weighted by molar-refractivity contribution is 6.78. The summed E-state index contributed by atoms with van der Waals surface area (Å²) in [5.41, 5.74) is 1.92. The quantitative estimate of drug-likeness (QED) is 0.519. The van der Waals surface area contributed by atoms with Crippen LogP contribution in [0.4, 0.5) is 0 Å². The largest absolute Gasteiger partial charge is 0.611 e. The van der Waals surface area contributed by atoms with E-state index in [9.17, 15) is 0 Å². The molecule has 0 unspecified atom stereocenters. The zero-order valence-corrected chi connectivity index (χ0v) is 12.4. The highest BCUT2D eigenvalue weighted by atomic mass is 28.4. The van der Waals surface area contributed by atoms with Crippen molar-refractivity contribution in [3.63, 3.8) is 0 Å². The fourth-order valence-corrected chi connectivity index (χ4v) is 8.23. The molecule has 0 aliphatic heterocycles. The summed E-state index contributed by atoms with van der Waals surface area (Å²) in [6.45, 7) is 13.9. The van der Waals surface area contributed by atoms with Crippen molar-refractivity contribution in [2.24, 2.45) is 0 Å². The molecule has 0 aliphatic carbocycles. The molecule has 0 atom stereocenters. The number of hydrogen-bond donors (Lipinski definition) is 0. The maximum Gasteiger partial charge on any atom is 0.241 e. The Labute approximate surface area is 101 Å². The van der Waals surface area contributed by atoms with Crippen LogP contribution in [0, 0.1) is 0 Å². The summed E-state index contributed by atoms with van der Waals surface area (Å²) in [6.07, 6.45) is 0. The molecule has 16 heavy (non-hydrogen) atoms. The lowest BCUT2D eigenvalue weighted by Gasteiger charge is -2.44. The lowest BCUT2D eigenvalue weighted by molar-refractivity contribution is 0.481. The lowest BCUT2D eigenvalue weighted by Crippen LogP contribution is -2.50. The van der Waals surface area contributed by atoms with Gasteiger partial charge in [0, 0.05) is 0 Å². The molecule has 0 aliphatic rings. The molecule has 2 heteroatoms. The van der Waals surface area contributed by atoms with Crippen LogP contribution in [0.5, 0.6) is 5.75 Å². The third-order valence-electron chi connectivity index (χ3n) is 3.63. The third kappa shape index (κ3) is 2.37. The predicted octanol–water partition coefficient (Wildman–Crippen LogP) is 4.96. The van der Waals surface area contributed by atoms with Crippen molar-refractivity contribution in [2.75, 3.05) is 0 Å². The van der Waals surface area contributed by atoms with Gasteiger partial charge in [-0.1, -0.05) is 47.3 Å². The van der Waals surface area contributed by atoms with Gasteiger partial charge in [0.2, 0.25) is 8.32 Å². The second kappa shape index (κ2) is 5.13. The Morgan fingerprint density at radius 3 is 1.81 bits per heavy atom. The van der Waals surface area contributed by atoms with Crippen molar-refractivity contribution in [3.8, 4) is 5.75 Å².